The number of rotatable bonds is 4. The predicted octanol–water partition coefficient (Wildman–Crippen LogP) is 1.47. The Bertz CT molecular complexity index is 188. The Morgan fingerprint density at radius 1 is 1.27 bits per heavy atom. The van der Waals surface area contributed by atoms with E-state index in [1.807, 2.05) is 0 Å². The molecule has 15 heavy (non-hydrogen) atoms. The molecule has 3 nitrogen and oxygen atoms in total. The van der Waals surface area contributed by atoms with Gasteiger partial charge in [-0.15, -0.1) is 0 Å². The predicted molar refractivity (Wildman–Crippen MR) is 63.9 cm³/mol. The Morgan fingerprint density at radius 3 is 2.27 bits per heavy atom. The van der Waals surface area contributed by atoms with Crippen molar-refractivity contribution in [3.05, 3.63) is 0 Å². The second-order valence-corrected chi connectivity index (χ2v) is 5.37. The molecule has 0 aliphatic carbocycles. The van der Waals surface area contributed by atoms with Crippen LogP contribution in [0.4, 0.5) is 0 Å². The number of ether oxygens (including phenoxy) is 1. The van der Waals surface area contributed by atoms with E-state index in [4.69, 9.17) is 10.5 Å². The van der Waals surface area contributed by atoms with Crippen LogP contribution >= 0.6 is 0 Å². The third-order valence-corrected chi connectivity index (χ3v) is 3.71. The molecule has 3 heteroatoms. The van der Waals surface area contributed by atoms with Crippen molar-refractivity contribution in [1.29, 1.82) is 0 Å². The molecule has 0 aromatic heterocycles. The van der Waals surface area contributed by atoms with Crippen molar-refractivity contribution in [2.45, 2.75) is 45.2 Å². The van der Waals surface area contributed by atoms with E-state index in [1.165, 1.54) is 0 Å². The van der Waals surface area contributed by atoms with Gasteiger partial charge in [0.2, 0.25) is 0 Å². The van der Waals surface area contributed by atoms with Crippen LogP contribution in [0.2, 0.25) is 0 Å². The van der Waals surface area contributed by atoms with Crippen LogP contribution in [0.3, 0.4) is 0 Å². The summed E-state index contributed by atoms with van der Waals surface area (Å²) in [4.78, 5) is 2.38. The first kappa shape index (κ1) is 12.9. The van der Waals surface area contributed by atoms with Crippen LogP contribution in [-0.2, 0) is 4.74 Å². The minimum absolute atomic E-state index is 0.0316. The molecule has 1 aliphatic rings. The lowest BCUT2D eigenvalue weighted by molar-refractivity contribution is 0.0334. The number of nitrogens with two attached hydrogens (primary N) is 1. The summed E-state index contributed by atoms with van der Waals surface area (Å²) in [5.41, 5.74) is 6.34. The summed E-state index contributed by atoms with van der Waals surface area (Å²) in [5.74, 6) is 0.679. The fourth-order valence-corrected chi connectivity index (χ4v) is 2.09. The van der Waals surface area contributed by atoms with Gasteiger partial charge in [0.15, 0.2) is 0 Å². The maximum Gasteiger partial charge on any atom is 0.0484 e. The molecule has 1 atom stereocenters. The molecule has 0 amide bonds. The van der Waals surface area contributed by atoms with Gasteiger partial charge in [0, 0.05) is 31.3 Å². The Hall–Kier alpha value is -0.120. The normalized spacial score (nSPS) is 23.4. The van der Waals surface area contributed by atoms with Crippen LogP contribution in [0.5, 0.6) is 0 Å². The first-order valence-corrected chi connectivity index (χ1v) is 6.01. The van der Waals surface area contributed by atoms with Crippen molar-refractivity contribution >= 4 is 0 Å². The van der Waals surface area contributed by atoms with Crippen LogP contribution in [0.15, 0.2) is 0 Å². The number of likely N-dealkylation sites (N-methyl/N-ethyl adjacent to an activating group) is 1. The molecule has 0 radical (unpaired) electrons. The lowest BCUT2D eigenvalue weighted by Crippen LogP contribution is -2.54. The van der Waals surface area contributed by atoms with E-state index in [2.05, 4.69) is 32.7 Å². The summed E-state index contributed by atoms with van der Waals surface area (Å²) in [5, 5.41) is 0. The molecule has 0 saturated carbocycles. The minimum atomic E-state index is -0.0316. The van der Waals surface area contributed by atoms with Crippen LogP contribution in [0.25, 0.3) is 0 Å². The van der Waals surface area contributed by atoms with Gasteiger partial charge >= 0.3 is 0 Å². The second-order valence-electron chi connectivity index (χ2n) is 5.37. The molecule has 0 spiro atoms. The molecular weight excluding hydrogens is 188 g/mol. The van der Waals surface area contributed by atoms with Crippen LogP contribution < -0.4 is 5.73 Å². The van der Waals surface area contributed by atoms with Gasteiger partial charge in [-0.2, -0.15) is 0 Å². The van der Waals surface area contributed by atoms with Crippen molar-refractivity contribution in [1.82, 2.24) is 4.90 Å². The van der Waals surface area contributed by atoms with Gasteiger partial charge in [-0.1, -0.05) is 13.8 Å². The molecule has 1 unspecified atom stereocenters. The van der Waals surface area contributed by atoms with Crippen LogP contribution in [-0.4, -0.2) is 43.3 Å². The highest BCUT2D eigenvalue weighted by molar-refractivity contribution is 4.90. The zero-order chi connectivity index (χ0) is 11.5. The Balaban J connectivity index is 2.45. The Labute approximate surface area is 94.0 Å². The van der Waals surface area contributed by atoms with Gasteiger partial charge in [-0.3, -0.25) is 0 Å². The van der Waals surface area contributed by atoms with Gasteiger partial charge in [-0.25, -0.2) is 0 Å². The first-order valence-electron chi connectivity index (χ1n) is 6.01. The topological polar surface area (TPSA) is 38.5 Å². The SMILES string of the molecule is CC(C)C(C)N(C)CC1(N)CCOCC1. The number of hydrogen-bond acceptors (Lipinski definition) is 3. The van der Waals surface area contributed by atoms with Gasteiger partial charge in [-0.05, 0) is 32.7 Å². The van der Waals surface area contributed by atoms with Gasteiger partial charge in [0.1, 0.15) is 0 Å². The number of hydrogen-bond donors (Lipinski definition) is 1. The second kappa shape index (κ2) is 5.28. The molecule has 1 aliphatic heterocycles. The monoisotopic (exact) mass is 214 g/mol. The quantitative estimate of drug-likeness (QED) is 0.770. The Kier molecular flexibility index (Phi) is 4.56. The largest absolute Gasteiger partial charge is 0.381 e. The summed E-state index contributed by atoms with van der Waals surface area (Å²) in [7, 11) is 2.18. The highest BCUT2D eigenvalue weighted by atomic mass is 16.5. The van der Waals surface area contributed by atoms with Crippen molar-refractivity contribution in [3.8, 4) is 0 Å². The van der Waals surface area contributed by atoms with Crippen LogP contribution in [0.1, 0.15) is 33.6 Å². The molecule has 0 aromatic rings. The average Bonchev–Trinajstić information content (AvgIpc) is 2.16. The fraction of sp³-hybridized carbons (Fsp3) is 1.00. The standard InChI is InChI=1S/C12H26N2O/c1-10(2)11(3)14(4)9-12(13)5-7-15-8-6-12/h10-11H,5-9,13H2,1-4H3. The molecular formula is C12H26N2O. The van der Waals surface area contributed by atoms with Crippen molar-refractivity contribution < 1.29 is 4.74 Å². The maximum atomic E-state index is 6.38. The summed E-state index contributed by atoms with van der Waals surface area (Å²) in [6.45, 7) is 9.41. The zero-order valence-corrected chi connectivity index (χ0v) is 10.6. The van der Waals surface area contributed by atoms with Crippen LogP contribution in [0, 0.1) is 5.92 Å². The van der Waals surface area contributed by atoms with E-state index >= 15 is 0 Å². The summed E-state index contributed by atoms with van der Waals surface area (Å²) >= 11 is 0. The fourth-order valence-electron chi connectivity index (χ4n) is 2.09. The summed E-state index contributed by atoms with van der Waals surface area (Å²) in [6.07, 6.45) is 1.98. The first-order chi connectivity index (χ1) is 6.94. The molecule has 90 valence electrons. The van der Waals surface area contributed by atoms with Crippen molar-refractivity contribution in [3.63, 3.8) is 0 Å². The van der Waals surface area contributed by atoms with E-state index in [0.29, 0.717) is 12.0 Å². The lowest BCUT2D eigenvalue weighted by Gasteiger charge is -2.39. The minimum Gasteiger partial charge on any atom is -0.381 e. The van der Waals surface area contributed by atoms with Crippen molar-refractivity contribution in [2.24, 2.45) is 11.7 Å². The molecule has 1 heterocycles. The maximum absolute atomic E-state index is 6.38. The van der Waals surface area contributed by atoms with E-state index in [1.54, 1.807) is 0 Å². The average molecular weight is 214 g/mol. The molecule has 1 rings (SSSR count). The summed E-state index contributed by atoms with van der Waals surface area (Å²) in [6, 6.07) is 0.591. The van der Waals surface area contributed by atoms with E-state index in [9.17, 15) is 0 Å². The van der Waals surface area contributed by atoms with Gasteiger partial charge in [0.25, 0.3) is 0 Å². The molecule has 2 N–H and O–H groups in total. The molecule has 0 aromatic carbocycles. The lowest BCUT2D eigenvalue weighted by atomic mass is 9.90. The summed E-state index contributed by atoms with van der Waals surface area (Å²) < 4.78 is 5.36. The van der Waals surface area contributed by atoms with E-state index in [-0.39, 0.29) is 5.54 Å². The third kappa shape index (κ3) is 3.74. The number of nitrogens with zero attached hydrogens (tertiary/aromatic N) is 1. The molecule has 1 fully saturated rings. The Morgan fingerprint density at radius 2 is 1.80 bits per heavy atom. The third-order valence-electron chi connectivity index (χ3n) is 3.71. The van der Waals surface area contributed by atoms with Gasteiger partial charge < -0.3 is 15.4 Å². The molecule has 0 bridgehead atoms. The highest BCUT2D eigenvalue weighted by Crippen LogP contribution is 2.20. The van der Waals surface area contributed by atoms with Gasteiger partial charge in [0.05, 0.1) is 0 Å². The smallest absolute Gasteiger partial charge is 0.0484 e. The zero-order valence-electron chi connectivity index (χ0n) is 10.6. The highest BCUT2D eigenvalue weighted by Gasteiger charge is 2.30. The van der Waals surface area contributed by atoms with Crippen molar-refractivity contribution in [2.75, 3.05) is 26.8 Å². The van der Waals surface area contributed by atoms with E-state index in [0.717, 1.165) is 32.6 Å². The van der Waals surface area contributed by atoms with E-state index < -0.39 is 0 Å². The molecule has 1 saturated heterocycles.